The second kappa shape index (κ2) is 11.7. The molecule has 9 heteroatoms. The van der Waals surface area contributed by atoms with Crippen LogP contribution in [0.3, 0.4) is 0 Å². The molecule has 2 heterocycles. The number of nitrogens with one attached hydrogen (secondary N) is 1. The zero-order valence-electron chi connectivity index (χ0n) is 19.1. The molecule has 0 amide bonds. The Labute approximate surface area is 211 Å². The van der Waals surface area contributed by atoms with Crippen LogP contribution in [-0.4, -0.2) is 70.8 Å². The molecule has 0 radical (unpaired) electrons. The molecule has 2 aliphatic rings. The van der Waals surface area contributed by atoms with Crippen molar-refractivity contribution in [3.63, 3.8) is 0 Å². The van der Waals surface area contributed by atoms with Crippen molar-refractivity contribution in [3.05, 3.63) is 54.1 Å². The number of rotatable bonds is 5. The van der Waals surface area contributed by atoms with E-state index in [1.54, 1.807) is 13.2 Å². The lowest BCUT2D eigenvalue weighted by molar-refractivity contribution is 0.368. The Bertz CT molecular complexity index is 952. The summed E-state index contributed by atoms with van der Waals surface area (Å²) in [5.74, 6) is 0.620. The van der Waals surface area contributed by atoms with E-state index in [9.17, 15) is 8.78 Å². The van der Waals surface area contributed by atoms with Crippen molar-refractivity contribution in [2.75, 3.05) is 69.8 Å². The normalized spacial score (nSPS) is 18.8. The lowest BCUT2D eigenvalue weighted by Crippen LogP contribution is -2.53. The molecule has 6 nitrogen and oxygen atoms in total. The summed E-state index contributed by atoms with van der Waals surface area (Å²) in [6.45, 7) is 6.09. The monoisotopic (exact) mass is 571 g/mol. The highest BCUT2D eigenvalue weighted by atomic mass is 127. The number of hydrogen-bond donors (Lipinski definition) is 1. The molecule has 4 rings (SSSR count). The van der Waals surface area contributed by atoms with Crippen molar-refractivity contribution < 1.29 is 13.5 Å². The summed E-state index contributed by atoms with van der Waals surface area (Å²) in [6, 6.07) is 12.3. The quantitative estimate of drug-likeness (QED) is 0.336. The second-order valence-electron chi connectivity index (χ2n) is 8.30. The number of halogens is 3. The van der Waals surface area contributed by atoms with Crippen LogP contribution in [0.4, 0.5) is 20.2 Å². The summed E-state index contributed by atoms with van der Waals surface area (Å²) >= 11 is 0. The first kappa shape index (κ1) is 25.3. The van der Waals surface area contributed by atoms with Crippen molar-refractivity contribution in [1.29, 1.82) is 0 Å². The number of nitrogens with zero attached hydrogens (tertiary/aromatic N) is 4. The van der Waals surface area contributed by atoms with Crippen LogP contribution in [0, 0.1) is 17.6 Å². The first-order valence-corrected chi connectivity index (χ1v) is 11.1. The molecule has 2 fully saturated rings. The summed E-state index contributed by atoms with van der Waals surface area (Å²) in [5.41, 5.74) is 1.92. The van der Waals surface area contributed by atoms with Crippen molar-refractivity contribution in [1.82, 2.24) is 10.2 Å². The van der Waals surface area contributed by atoms with Crippen LogP contribution in [0.1, 0.15) is 6.42 Å². The molecule has 1 atom stereocenters. The number of guanidine groups is 1. The fraction of sp³-hybridized carbons (Fsp3) is 0.458. The maximum absolute atomic E-state index is 13.6. The predicted molar refractivity (Wildman–Crippen MR) is 140 cm³/mol. The van der Waals surface area contributed by atoms with Gasteiger partial charge >= 0.3 is 0 Å². The molecule has 33 heavy (non-hydrogen) atoms. The van der Waals surface area contributed by atoms with E-state index in [1.807, 2.05) is 19.2 Å². The second-order valence-corrected chi connectivity index (χ2v) is 8.30. The van der Waals surface area contributed by atoms with Gasteiger partial charge in [0.1, 0.15) is 5.75 Å². The van der Waals surface area contributed by atoms with Crippen LogP contribution in [0.2, 0.25) is 0 Å². The number of anilines is 2. The molecule has 0 aliphatic carbocycles. The molecule has 2 saturated heterocycles. The molecule has 0 saturated carbocycles. The number of piperazine rings is 1. The van der Waals surface area contributed by atoms with Crippen LogP contribution in [-0.2, 0) is 0 Å². The van der Waals surface area contributed by atoms with Crippen LogP contribution in [0.5, 0.6) is 5.75 Å². The zero-order valence-corrected chi connectivity index (χ0v) is 21.5. The van der Waals surface area contributed by atoms with E-state index in [-0.39, 0.29) is 24.0 Å². The first-order valence-electron chi connectivity index (χ1n) is 11.1. The average molecular weight is 571 g/mol. The molecule has 0 spiro atoms. The fourth-order valence-corrected chi connectivity index (χ4v) is 4.47. The lowest BCUT2D eigenvalue weighted by Gasteiger charge is -2.38. The molecular weight excluding hydrogens is 539 g/mol. The Hall–Kier alpha value is -2.30. The standard InChI is InChI=1S/C24H31F2N5O.HI/c1-27-24(30-12-10-29(11-13-30)19-4-3-5-21(14-19)32-2)28-16-18-8-9-31(17-18)20-6-7-22(25)23(26)15-20;/h3-7,14-15,18H,8-13,16-17H2,1-2H3,(H,27,28);1H. The lowest BCUT2D eigenvalue weighted by atomic mass is 10.1. The van der Waals surface area contributed by atoms with Gasteiger partial charge in [-0.2, -0.15) is 0 Å². The average Bonchev–Trinajstić information content (AvgIpc) is 3.31. The van der Waals surface area contributed by atoms with E-state index in [0.717, 1.165) is 69.6 Å². The van der Waals surface area contributed by atoms with E-state index in [0.29, 0.717) is 5.92 Å². The molecule has 1 unspecified atom stereocenters. The van der Waals surface area contributed by atoms with Gasteiger partial charge in [-0.15, -0.1) is 24.0 Å². The van der Waals surface area contributed by atoms with Gasteiger partial charge in [-0.25, -0.2) is 8.78 Å². The molecule has 0 aromatic heterocycles. The van der Waals surface area contributed by atoms with Gasteiger partial charge in [-0.05, 0) is 36.6 Å². The van der Waals surface area contributed by atoms with E-state index < -0.39 is 11.6 Å². The summed E-state index contributed by atoms with van der Waals surface area (Å²) < 4.78 is 32.1. The van der Waals surface area contributed by atoms with E-state index >= 15 is 0 Å². The van der Waals surface area contributed by atoms with Gasteiger partial charge in [0, 0.05) is 76.4 Å². The Morgan fingerprint density at radius 1 is 1.00 bits per heavy atom. The molecule has 1 N–H and O–H groups in total. The van der Waals surface area contributed by atoms with Crippen LogP contribution in [0.15, 0.2) is 47.5 Å². The van der Waals surface area contributed by atoms with Gasteiger partial charge in [0.2, 0.25) is 0 Å². The predicted octanol–water partition coefficient (Wildman–Crippen LogP) is 3.82. The van der Waals surface area contributed by atoms with Gasteiger partial charge < -0.3 is 24.8 Å². The molecular formula is C24H32F2IN5O. The van der Waals surface area contributed by atoms with Crippen molar-refractivity contribution >= 4 is 41.3 Å². The highest BCUT2D eigenvalue weighted by molar-refractivity contribution is 14.0. The summed E-state index contributed by atoms with van der Waals surface area (Å²) in [6.07, 6.45) is 1.01. The molecule has 180 valence electrons. The van der Waals surface area contributed by atoms with Crippen molar-refractivity contribution in [2.45, 2.75) is 6.42 Å². The van der Waals surface area contributed by atoms with E-state index in [1.165, 1.54) is 17.8 Å². The van der Waals surface area contributed by atoms with Gasteiger partial charge in [0.25, 0.3) is 0 Å². The molecule has 2 aliphatic heterocycles. The maximum Gasteiger partial charge on any atom is 0.193 e. The third-order valence-electron chi connectivity index (χ3n) is 6.31. The number of hydrogen-bond acceptors (Lipinski definition) is 4. The topological polar surface area (TPSA) is 43.3 Å². The maximum atomic E-state index is 13.6. The van der Waals surface area contributed by atoms with Gasteiger partial charge in [0.15, 0.2) is 17.6 Å². The van der Waals surface area contributed by atoms with Crippen LogP contribution < -0.4 is 19.9 Å². The van der Waals surface area contributed by atoms with E-state index in [2.05, 4.69) is 37.1 Å². The van der Waals surface area contributed by atoms with Crippen LogP contribution >= 0.6 is 24.0 Å². The number of benzene rings is 2. The van der Waals surface area contributed by atoms with Crippen molar-refractivity contribution in [2.24, 2.45) is 10.9 Å². The largest absolute Gasteiger partial charge is 0.497 e. The Kier molecular flexibility index (Phi) is 8.99. The number of aliphatic imine (C=N–C) groups is 1. The third-order valence-corrected chi connectivity index (χ3v) is 6.31. The minimum absolute atomic E-state index is 0. The number of methoxy groups -OCH3 is 1. The highest BCUT2D eigenvalue weighted by Crippen LogP contribution is 2.25. The summed E-state index contributed by atoms with van der Waals surface area (Å²) in [4.78, 5) is 11.3. The number of ether oxygens (including phenoxy) is 1. The zero-order chi connectivity index (χ0) is 22.5. The smallest absolute Gasteiger partial charge is 0.193 e. The fourth-order valence-electron chi connectivity index (χ4n) is 4.47. The molecule has 2 aromatic carbocycles. The minimum Gasteiger partial charge on any atom is -0.497 e. The van der Waals surface area contributed by atoms with Gasteiger partial charge in [-0.1, -0.05) is 6.07 Å². The van der Waals surface area contributed by atoms with Crippen molar-refractivity contribution in [3.8, 4) is 5.75 Å². The van der Waals surface area contributed by atoms with E-state index in [4.69, 9.17) is 4.74 Å². The molecule has 0 bridgehead atoms. The first-order chi connectivity index (χ1) is 15.6. The van der Waals surface area contributed by atoms with Gasteiger partial charge in [-0.3, -0.25) is 4.99 Å². The summed E-state index contributed by atoms with van der Waals surface area (Å²) in [5, 5.41) is 3.52. The minimum atomic E-state index is -0.804. The third kappa shape index (κ3) is 6.18. The Morgan fingerprint density at radius 3 is 2.45 bits per heavy atom. The highest BCUT2D eigenvalue weighted by Gasteiger charge is 2.25. The Morgan fingerprint density at radius 2 is 1.76 bits per heavy atom. The molecule has 2 aromatic rings. The summed E-state index contributed by atoms with van der Waals surface area (Å²) in [7, 11) is 3.51. The Balaban J connectivity index is 0.00000306. The van der Waals surface area contributed by atoms with Crippen LogP contribution in [0.25, 0.3) is 0 Å². The SMILES string of the molecule is CN=C(NCC1CCN(c2ccc(F)c(F)c2)C1)N1CCN(c2cccc(OC)c2)CC1.I. The van der Waals surface area contributed by atoms with Gasteiger partial charge in [0.05, 0.1) is 7.11 Å².